The van der Waals surface area contributed by atoms with Crippen molar-refractivity contribution < 1.29 is 23.1 Å². The van der Waals surface area contributed by atoms with Crippen molar-refractivity contribution in [2.24, 2.45) is 5.92 Å². The normalized spacial score (nSPS) is 18.7. The highest BCUT2D eigenvalue weighted by atomic mass is 32.2. The molecule has 1 N–H and O–H groups in total. The SMILES string of the molecule is CCS(=O)(=O)c1ccc(C(=O)N2CCC(C(=O)O)C2)cc1. The predicted octanol–water partition coefficient (Wildman–Crippen LogP) is 1.03. The number of hydrogen-bond acceptors (Lipinski definition) is 4. The maximum absolute atomic E-state index is 12.2. The number of sulfone groups is 1. The van der Waals surface area contributed by atoms with Gasteiger partial charge in [-0.05, 0) is 30.7 Å². The third kappa shape index (κ3) is 3.24. The van der Waals surface area contributed by atoms with Gasteiger partial charge in [-0.15, -0.1) is 0 Å². The van der Waals surface area contributed by atoms with E-state index in [-0.39, 0.29) is 23.1 Å². The first kappa shape index (κ1) is 15.5. The van der Waals surface area contributed by atoms with Gasteiger partial charge in [0, 0.05) is 18.7 Å². The molecule has 21 heavy (non-hydrogen) atoms. The molecule has 1 unspecified atom stereocenters. The predicted molar refractivity (Wildman–Crippen MR) is 75.8 cm³/mol. The van der Waals surface area contributed by atoms with E-state index in [1.165, 1.54) is 29.2 Å². The molecule has 1 aliphatic rings. The van der Waals surface area contributed by atoms with Gasteiger partial charge in [0.1, 0.15) is 0 Å². The van der Waals surface area contributed by atoms with Crippen molar-refractivity contribution >= 4 is 21.7 Å². The second-order valence-electron chi connectivity index (χ2n) is 5.00. The minimum Gasteiger partial charge on any atom is -0.481 e. The quantitative estimate of drug-likeness (QED) is 0.896. The van der Waals surface area contributed by atoms with Crippen LogP contribution in [0.3, 0.4) is 0 Å². The van der Waals surface area contributed by atoms with Crippen LogP contribution in [0.5, 0.6) is 0 Å². The van der Waals surface area contributed by atoms with Crippen LogP contribution in [-0.4, -0.2) is 49.1 Å². The molecule has 0 aromatic heterocycles. The molecule has 1 aromatic rings. The summed E-state index contributed by atoms with van der Waals surface area (Å²) in [5, 5.41) is 8.93. The van der Waals surface area contributed by atoms with E-state index in [0.29, 0.717) is 18.5 Å². The Balaban J connectivity index is 2.13. The number of rotatable bonds is 4. The molecule has 0 spiro atoms. The molecule has 114 valence electrons. The summed E-state index contributed by atoms with van der Waals surface area (Å²) >= 11 is 0. The van der Waals surface area contributed by atoms with Crippen molar-refractivity contribution in [3.8, 4) is 0 Å². The summed E-state index contributed by atoms with van der Waals surface area (Å²) in [5.41, 5.74) is 0.371. The number of carboxylic acids is 1. The minimum atomic E-state index is -3.28. The average molecular weight is 311 g/mol. The topological polar surface area (TPSA) is 91.8 Å². The second-order valence-corrected chi connectivity index (χ2v) is 7.28. The summed E-state index contributed by atoms with van der Waals surface area (Å²) in [5.74, 6) is -1.67. The van der Waals surface area contributed by atoms with Crippen LogP contribution in [0.25, 0.3) is 0 Å². The lowest BCUT2D eigenvalue weighted by molar-refractivity contribution is -0.141. The zero-order chi connectivity index (χ0) is 15.6. The van der Waals surface area contributed by atoms with Crippen molar-refractivity contribution in [1.82, 2.24) is 4.90 Å². The molecule has 1 aromatic carbocycles. The fourth-order valence-electron chi connectivity index (χ4n) is 2.30. The Morgan fingerprint density at radius 3 is 2.38 bits per heavy atom. The third-order valence-corrected chi connectivity index (χ3v) is 5.42. The number of amides is 1. The number of nitrogens with zero attached hydrogens (tertiary/aromatic N) is 1. The van der Waals surface area contributed by atoms with Gasteiger partial charge in [-0.2, -0.15) is 0 Å². The van der Waals surface area contributed by atoms with Gasteiger partial charge in [0.2, 0.25) is 0 Å². The summed E-state index contributed by atoms with van der Waals surface area (Å²) in [6, 6.07) is 5.77. The summed E-state index contributed by atoms with van der Waals surface area (Å²) < 4.78 is 23.4. The lowest BCUT2D eigenvalue weighted by Crippen LogP contribution is -2.29. The van der Waals surface area contributed by atoms with Crippen LogP contribution in [0.15, 0.2) is 29.2 Å². The summed E-state index contributed by atoms with van der Waals surface area (Å²) in [6.45, 7) is 2.17. The van der Waals surface area contributed by atoms with Gasteiger partial charge in [0.05, 0.1) is 16.6 Å². The van der Waals surface area contributed by atoms with Gasteiger partial charge >= 0.3 is 5.97 Å². The highest BCUT2D eigenvalue weighted by Crippen LogP contribution is 2.20. The van der Waals surface area contributed by atoms with E-state index < -0.39 is 21.7 Å². The van der Waals surface area contributed by atoms with Crippen LogP contribution in [0, 0.1) is 5.92 Å². The zero-order valence-corrected chi connectivity index (χ0v) is 12.5. The lowest BCUT2D eigenvalue weighted by atomic mass is 10.1. The fourth-order valence-corrected chi connectivity index (χ4v) is 3.18. The number of hydrogen-bond donors (Lipinski definition) is 1. The van der Waals surface area contributed by atoms with Gasteiger partial charge < -0.3 is 10.0 Å². The first-order valence-electron chi connectivity index (χ1n) is 6.70. The van der Waals surface area contributed by atoms with E-state index in [2.05, 4.69) is 0 Å². The Labute approximate surface area is 123 Å². The molecule has 0 bridgehead atoms. The van der Waals surface area contributed by atoms with E-state index in [1.54, 1.807) is 6.92 Å². The van der Waals surface area contributed by atoms with Crippen molar-refractivity contribution in [3.63, 3.8) is 0 Å². The lowest BCUT2D eigenvalue weighted by Gasteiger charge is -2.16. The van der Waals surface area contributed by atoms with Gasteiger partial charge in [-0.3, -0.25) is 9.59 Å². The summed E-state index contributed by atoms with van der Waals surface area (Å²) in [6.07, 6.45) is 0.448. The van der Waals surface area contributed by atoms with Crippen molar-refractivity contribution in [2.75, 3.05) is 18.8 Å². The monoisotopic (exact) mass is 311 g/mol. The molecule has 2 rings (SSSR count). The second kappa shape index (κ2) is 5.85. The van der Waals surface area contributed by atoms with E-state index in [9.17, 15) is 18.0 Å². The molecule has 0 aliphatic carbocycles. The van der Waals surface area contributed by atoms with Crippen molar-refractivity contribution in [2.45, 2.75) is 18.2 Å². The van der Waals surface area contributed by atoms with Crippen LogP contribution >= 0.6 is 0 Å². The highest BCUT2D eigenvalue weighted by Gasteiger charge is 2.31. The summed E-state index contributed by atoms with van der Waals surface area (Å²) in [4.78, 5) is 24.8. The maximum atomic E-state index is 12.2. The van der Waals surface area contributed by atoms with Crippen molar-refractivity contribution in [1.29, 1.82) is 0 Å². The molecular formula is C14H17NO5S. The molecule has 0 saturated carbocycles. The average Bonchev–Trinajstić information content (AvgIpc) is 2.96. The fraction of sp³-hybridized carbons (Fsp3) is 0.429. The highest BCUT2D eigenvalue weighted by molar-refractivity contribution is 7.91. The standard InChI is InChI=1S/C14H17NO5S/c1-2-21(19,20)12-5-3-10(4-6-12)13(16)15-8-7-11(9-15)14(17)18/h3-6,11H,2,7-9H2,1H3,(H,17,18). The van der Waals surface area contributed by atoms with Crippen LogP contribution in [0.4, 0.5) is 0 Å². The van der Waals surface area contributed by atoms with Gasteiger partial charge in [0.15, 0.2) is 9.84 Å². The Morgan fingerprint density at radius 2 is 1.90 bits per heavy atom. The van der Waals surface area contributed by atoms with Gasteiger partial charge in [-0.1, -0.05) is 6.92 Å². The van der Waals surface area contributed by atoms with Crippen molar-refractivity contribution in [3.05, 3.63) is 29.8 Å². The van der Waals surface area contributed by atoms with Gasteiger partial charge in [0.25, 0.3) is 5.91 Å². The number of benzene rings is 1. The summed E-state index contributed by atoms with van der Waals surface area (Å²) in [7, 11) is -3.28. The molecule has 1 atom stereocenters. The van der Waals surface area contributed by atoms with Crippen LogP contribution in [0.2, 0.25) is 0 Å². The molecule has 1 saturated heterocycles. The number of carbonyl (C=O) groups excluding carboxylic acids is 1. The molecule has 7 heteroatoms. The Morgan fingerprint density at radius 1 is 1.29 bits per heavy atom. The molecule has 1 fully saturated rings. The first-order valence-corrected chi connectivity index (χ1v) is 8.35. The number of aliphatic carboxylic acids is 1. The smallest absolute Gasteiger partial charge is 0.308 e. The molecule has 6 nitrogen and oxygen atoms in total. The molecule has 0 radical (unpaired) electrons. The third-order valence-electron chi connectivity index (χ3n) is 3.67. The number of likely N-dealkylation sites (tertiary alicyclic amines) is 1. The minimum absolute atomic E-state index is 0.00666. The molecular weight excluding hydrogens is 294 g/mol. The Hall–Kier alpha value is -1.89. The molecule has 1 amide bonds. The van der Waals surface area contributed by atoms with Gasteiger partial charge in [-0.25, -0.2) is 8.42 Å². The Kier molecular flexibility index (Phi) is 4.32. The maximum Gasteiger partial charge on any atom is 0.308 e. The first-order chi connectivity index (χ1) is 9.85. The van der Waals surface area contributed by atoms with E-state index in [4.69, 9.17) is 5.11 Å². The number of carboxylic acid groups (broad SMARTS) is 1. The van der Waals surface area contributed by atoms with Crippen LogP contribution in [-0.2, 0) is 14.6 Å². The number of carbonyl (C=O) groups is 2. The largest absolute Gasteiger partial charge is 0.481 e. The molecule has 1 aliphatic heterocycles. The zero-order valence-electron chi connectivity index (χ0n) is 11.7. The van der Waals surface area contributed by atoms with E-state index in [1.807, 2.05) is 0 Å². The van der Waals surface area contributed by atoms with Crippen LogP contribution < -0.4 is 0 Å². The van der Waals surface area contributed by atoms with E-state index >= 15 is 0 Å². The van der Waals surface area contributed by atoms with Crippen LogP contribution in [0.1, 0.15) is 23.7 Å². The Bertz CT molecular complexity index is 650. The van der Waals surface area contributed by atoms with E-state index in [0.717, 1.165) is 0 Å². The molecule has 1 heterocycles.